The van der Waals surface area contributed by atoms with Crippen LogP contribution >= 0.6 is 12.4 Å². The second kappa shape index (κ2) is 8.62. The van der Waals surface area contributed by atoms with Crippen LogP contribution in [0.5, 0.6) is 0 Å². The molecule has 0 amide bonds. The van der Waals surface area contributed by atoms with Crippen LogP contribution in [0.2, 0.25) is 0 Å². The van der Waals surface area contributed by atoms with Gasteiger partial charge in [0.2, 0.25) is 10.0 Å². The monoisotopic (exact) mass is 407 g/mol. The molecule has 0 bridgehead atoms. The fourth-order valence-corrected chi connectivity index (χ4v) is 5.06. The average molecular weight is 408 g/mol. The molecule has 1 N–H and O–H groups in total. The standard InChI is InChI=1S/C16H22FN3O4S.ClH/c1-24-16(21)14-10-12(17)2-3-15(14)25(22,23)20-7-4-13(11-20)19-8-5-18-6-9-19;/h2-3,10,13,18H,4-9,11H2,1H3;1H. The van der Waals surface area contributed by atoms with E-state index in [1.807, 2.05) is 0 Å². The first-order valence-electron chi connectivity index (χ1n) is 8.26. The fourth-order valence-electron chi connectivity index (χ4n) is 3.41. The van der Waals surface area contributed by atoms with E-state index in [1.165, 1.54) is 4.31 Å². The van der Waals surface area contributed by atoms with Crippen molar-refractivity contribution in [2.75, 3.05) is 46.4 Å². The van der Waals surface area contributed by atoms with E-state index in [0.29, 0.717) is 13.1 Å². The third-order valence-corrected chi connectivity index (χ3v) is 6.68. The zero-order valence-corrected chi connectivity index (χ0v) is 16.1. The molecule has 146 valence electrons. The van der Waals surface area contributed by atoms with Crippen LogP contribution < -0.4 is 5.32 Å². The molecular formula is C16H23ClFN3O4S. The van der Waals surface area contributed by atoms with Crippen molar-refractivity contribution in [3.63, 3.8) is 0 Å². The van der Waals surface area contributed by atoms with E-state index in [9.17, 15) is 17.6 Å². The molecule has 10 heteroatoms. The molecule has 1 unspecified atom stereocenters. The number of piperazine rings is 1. The van der Waals surface area contributed by atoms with Crippen molar-refractivity contribution in [1.29, 1.82) is 0 Å². The number of esters is 1. The zero-order valence-electron chi connectivity index (χ0n) is 14.5. The smallest absolute Gasteiger partial charge is 0.339 e. The molecule has 2 aliphatic heterocycles. The molecule has 0 radical (unpaired) electrons. The fraction of sp³-hybridized carbons (Fsp3) is 0.562. The minimum atomic E-state index is -3.89. The lowest BCUT2D eigenvalue weighted by Crippen LogP contribution is -2.49. The van der Waals surface area contributed by atoms with Gasteiger partial charge in [0, 0.05) is 45.3 Å². The summed E-state index contributed by atoms with van der Waals surface area (Å²) in [5.41, 5.74) is -0.270. The Hall–Kier alpha value is -1.26. The number of nitrogens with one attached hydrogen (secondary N) is 1. The minimum absolute atomic E-state index is 0. The Morgan fingerprint density at radius 2 is 1.96 bits per heavy atom. The van der Waals surface area contributed by atoms with Gasteiger partial charge in [0.05, 0.1) is 17.6 Å². The number of methoxy groups -OCH3 is 1. The van der Waals surface area contributed by atoms with E-state index >= 15 is 0 Å². The van der Waals surface area contributed by atoms with Gasteiger partial charge in [-0.15, -0.1) is 12.4 Å². The van der Waals surface area contributed by atoms with Crippen LogP contribution in [0.4, 0.5) is 4.39 Å². The largest absolute Gasteiger partial charge is 0.465 e. The van der Waals surface area contributed by atoms with E-state index in [4.69, 9.17) is 0 Å². The van der Waals surface area contributed by atoms with Gasteiger partial charge in [0.1, 0.15) is 5.82 Å². The molecule has 1 aromatic rings. The van der Waals surface area contributed by atoms with Gasteiger partial charge >= 0.3 is 5.97 Å². The van der Waals surface area contributed by atoms with E-state index in [-0.39, 0.29) is 28.9 Å². The van der Waals surface area contributed by atoms with Gasteiger partial charge in [-0.25, -0.2) is 17.6 Å². The number of rotatable bonds is 4. The Morgan fingerprint density at radius 3 is 2.62 bits per heavy atom. The maximum Gasteiger partial charge on any atom is 0.339 e. The first-order valence-corrected chi connectivity index (χ1v) is 9.70. The van der Waals surface area contributed by atoms with Crippen molar-refractivity contribution in [2.24, 2.45) is 0 Å². The normalized spacial score (nSPS) is 22.0. The van der Waals surface area contributed by atoms with Crippen LogP contribution in [0, 0.1) is 5.82 Å². The quantitative estimate of drug-likeness (QED) is 0.740. The SMILES string of the molecule is COC(=O)c1cc(F)ccc1S(=O)(=O)N1CCC(N2CCNCC2)C1.Cl. The van der Waals surface area contributed by atoms with Gasteiger partial charge in [0.25, 0.3) is 0 Å². The minimum Gasteiger partial charge on any atom is -0.465 e. The molecule has 0 aliphatic carbocycles. The first-order chi connectivity index (χ1) is 11.9. The van der Waals surface area contributed by atoms with Gasteiger partial charge in [0.15, 0.2) is 0 Å². The zero-order chi connectivity index (χ0) is 18.0. The summed E-state index contributed by atoms with van der Waals surface area (Å²) in [5.74, 6) is -1.55. The maximum absolute atomic E-state index is 13.5. The lowest BCUT2D eigenvalue weighted by molar-refractivity contribution is 0.0595. The summed E-state index contributed by atoms with van der Waals surface area (Å²) in [6.07, 6.45) is 0.744. The Morgan fingerprint density at radius 1 is 1.27 bits per heavy atom. The molecule has 0 spiro atoms. The Labute approximate surface area is 158 Å². The second-order valence-corrected chi connectivity index (χ2v) is 8.13. The van der Waals surface area contributed by atoms with Crippen LogP contribution in [0.3, 0.4) is 0 Å². The van der Waals surface area contributed by atoms with Crippen molar-refractivity contribution < 1.29 is 22.3 Å². The summed E-state index contributed by atoms with van der Waals surface area (Å²) in [6, 6.07) is 3.25. The second-order valence-electron chi connectivity index (χ2n) is 6.22. The van der Waals surface area contributed by atoms with Crippen molar-refractivity contribution in [3.05, 3.63) is 29.6 Å². The molecule has 0 aromatic heterocycles. The summed E-state index contributed by atoms with van der Waals surface area (Å²) in [7, 11) is -2.75. The molecule has 1 atom stereocenters. The van der Waals surface area contributed by atoms with Gasteiger partial charge in [-0.3, -0.25) is 4.90 Å². The van der Waals surface area contributed by atoms with Crippen LogP contribution in [0.25, 0.3) is 0 Å². The molecule has 0 saturated carbocycles. The van der Waals surface area contributed by atoms with E-state index in [0.717, 1.165) is 57.9 Å². The molecule has 2 saturated heterocycles. The number of ether oxygens (including phenoxy) is 1. The van der Waals surface area contributed by atoms with E-state index < -0.39 is 21.8 Å². The number of hydrogen-bond acceptors (Lipinski definition) is 6. The lowest BCUT2D eigenvalue weighted by atomic mass is 10.2. The summed E-state index contributed by atoms with van der Waals surface area (Å²) < 4.78 is 45.4. The number of hydrogen-bond donors (Lipinski definition) is 1. The topological polar surface area (TPSA) is 79.0 Å². The third-order valence-electron chi connectivity index (χ3n) is 4.76. The molecule has 3 rings (SSSR count). The molecule has 7 nitrogen and oxygen atoms in total. The lowest BCUT2D eigenvalue weighted by Gasteiger charge is -2.32. The van der Waals surface area contributed by atoms with Crippen molar-refractivity contribution in [2.45, 2.75) is 17.4 Å². The Balaban J connectivity index is 0.00000243. The van der Waals surface area contributed by atoms with E-state index in [1.54, 1.807) is 0 Å². The predicted octanol–water partition coefficient (Wildman–Crippen LogP) is 0.702. The number of carbonyl (C=O) groups excluding carboxylic acids is 1. The molecular weight excluding hydrogens is 385 g/mol. The van der Waals surface area contributed by atoms with Crippen LogP contribution in [-0.4, -0.2) is 76.0 Å². The van der Waals surface area contributed by atoms with Crippen molar-refractivity contribution in [3.8, 4) is 0 Å². The highest BCUT2D eigenvalue weighted by atomic mass is 35.5. The van der Waals surface area contributed by atoms with E-state index in [2.05, 4.69) is 15.0 Å². The summed E-state index contributed by atoms with van der Waals surface area (Å²) in [5, 5.41) is 3.28. The third kappa shape index (κ3) is 4.17. The summed E-state index contributed by atoms with van der Waals surface area (Å²) >= 11 is 0. The van der Waals surface area contributed by atoms with Crippen LogP contribution in [-0.2, 0) is 14.8 Å². The number of nitrogens with zero attached hydrogens (tertiary/aromatic N) is 2. The number of carbonyl (C=O) groups is 1. The highest BCUT2D eigenvalue weighted by Crippen LogP contribution is 2.27. The van der Waals surface area contributed by atoms with Crippen molar-refractivity contribution >= 4 is 28.4 Å². The highest BCUT2D eigenvalue weighted by molar-refractivity contribution is 7.89. The molecule has 2 aliphatic rings. The average Bonchev–Trinajstić information content (AvgIpc) is 3.12. The van der Waals surface area contributed by atoms with Gasteiger partial charge in [-0.05, 0) is 24.6 Å². The van der Waals surface area contributed by atoms with Crippen molar-refractivity contribution in [1.82, 2.24) is 14.5 Å². The predicted molar refractivity (Wildman–Crippen MR) is 96.6 cm³/mol. The van der Waals surface area contributed by atoms with Crippen LogP contribution in [0.15, 0.2) is 23.1 Å². The summed E-state index contributed by atoms with van der Waals surface area (Å²) in [6.45, 7) is 4.33. The molecule has 2 fully saturated rings. The number of sulfonamides is 1. The highest BCUT2D eigenvalue weighted by Gasteiger charge is 2.37. The Bertz CT molecular complexity index is 756. The van der Waals surface area contributed by atoms with Gasteiger partial charge < -0.3 is 10.1 Å². The summed E-state index contributed by atoms with van der Waals surface area (Å²) in [4.78, 5) is 14.0. The maximum atomic E-state index is 13.5. The number of benzene rings is 1. The molecule has 1 aromatic carbocycles. The molecule has 26 heavy (non-hydrogen) atoms. The Kier molecular flexibility index (Phi) is 6.98. The van der Waals surface area contributed by atoms with Gasteiger partial charge in [-0.2, -0.15) is 4.31 Å². The number of halogens is 2. The van der Waals surface area contributed by atoms with Gasteiger partial charge in [-0.1, -0.05) is 0 Å². The van der Waals surface area contributed by atoms with Crippen LogP contribution in [0.1, 0.15) is 16.8 Å². The first kappa shape index (κ1) is 21.0. The molecule has 2 heterocycles.